The van der Waals surface area contributed by atoms with Crippen LogP contribution in [0, 0.1) is 0 Å². The van der Waals surface area contributed by atoms with Crippen molar-refractivity contribution >= 4 is 12.1 Å². The van der Waals surface area contributed by atoms with Crippen LogP contribution >= 0.6 is 0 Å². The molecule has 0 aromatic carbocycles. The second-order valence-electron chi connectivity index (χ2n) is 4.91. The Morgan fingerprint density at radius 2 is 2.17 bits per heavy atom. The summed E-state index contributed by atoms with van der Waals surface area (Å²) in [6.45, 7) is 0.918. The summed E-state index contributed by atoms with van der Waals surface area (Å²) in [5.74, 6) is 0.868. The smallest absolute Gasteiger partial charge is 0.201 e. The minimum Gasteiger partial charge on any atom is -0.369 e. The average Bonchev–Trinajstić information content (AvgIpc) is 3.10. The highest BCUT2D eigenvalue weighted by Crippen LogP contribution is 2.54. The zero-order valence-corrected chi connectivity index (χ0v) is 10.5. The number of ether oxygens (including phenoxy) is 2. The molecule has 1 aliphatic carbocycles. The van der Waals surface area contributed by atoms with Crippen molar-refractivity contribution in [1.29, 1.82) is 0 Å². The van der Waals surface area contributed by atoms with Crippen LogP contribution in [0.15, 0.2) is 6.07 Å². The predicted octanol–water partition coefficient (Wildman–Crippen LogP) is 1.64. The Balaban J connectivity index is 2.08. The third-order valence-corrected chi connectivity index (χ3v) is 3.88. The van der Waals surface area contributed by atoms with Gasteiger partial charge in [-0.15, -0.1) is 0 Å². The number of nitrogens with zero attached hydrogens (tertiary/aromatic N) is 1. The van der Waals surface area contributed by atoms with Crippen LogP contribution in [-0.2, 0) is 14.9 Å². The maximum absolute atomic E-state index is 11.2. The molecule has 1 spiro atoms. The lowest BCUT2D eigenvalue weighted by atomic mass is 9.98. The fourth-order valence-electron chi connectivity index (χ4n) is 2.63. The Labute approximate surface area is 105 Å². The molecule has 1 aromatic heterocycles. The molecule has 1 N–H and O–H groups in total. The average molecular weight is 248 g/mol. The first kappa shape index (κ1) is 11.6. The van der Waals surface area contributed by atoms with E-state index in [9.17, 15) is 4.79 Å². The third kappa shape index (κ3) is 1.54. The van der Waals surface area contributed by atoms with Crippen molar-refractivity contribution in [2.45, 2.75) is 24.5 Å². The van der Waals surface area contributed by atoms with E-state index in [2.05, 4.69) is 10.3 Å². The first-order valence-electron chi connectivity index (χ1n) is 6.04. The van der Waals surface area contributed by atoms with Crippen LogP contribution in [-0.4, -0.2) is 32.0 Å². The van der Waals surface area contributed by atoms with E-state index in [-0.39, 0.29) is 5.41 Å². The van der Waals surface area contributed by atoms with Crippen molar-refractivity contribution in [2.24, 2.45) is 0 Å². The number of rotatable bonds is 4. The van der Waals surface area contributed by atoms with E-state index < -0.39 is 6.29 Å². The lowest BCUT2D eigenvalue weighted by molar-refractivity contribution is -0.108. The summed E-state index contributed by atoms with van der Waals surface area (Å²) < 4.78 is 10.4. The quantitative estimate of drug-likeness (QED) is 0.648. The lowest BCUT2D eigenvalue weighted by Gasteiger charge is -2.16. The minimum absolute atomic E-state index is 0.230. The number of carbonyl (C=O) groups excluding carboxylic acids is 1. The van der Waals surface area contributed by atoms with Gasteiger partial charge < -0.3 is 14.8 Å². The minimum atomic E-state index is -0.604. The Morgan fingerprint density at radius 1 is 1.44 bits per heavy atom. The van der Waals surface area contributed by atoms with E-state index in [0.717, 1.165) is 18.6 Å². The van der Waals surface area contributed by atoms with Crippen molar-refractivity contribution in [3.8, 4) is 0 Å². The SMILES string of the molecule is COC(OC)c1nc2c(cc1C=O)C1(CC1)CN2. The molecule has 3 rings (SSSR count). The predicted molar refractivity (Wildman–Crippen MR) is 65.8 cm³/mol. The van der Waals surface area contributed by atoms with Gasteiger partial charge in [-0.25, -0.2) is 4.98 Å². The molecule has 96 valence electrons. The summed E-state index contributed by atoms with van der Waals surface area (Å²) in [6, 6.07) is 1.93. The van der Waals surface area contributed by atoms with Gasteiger partial charge in [-0.2, -0.15) is 0 Å². The number of anilines is 1. The number of aromatic nitrogens is 1. The highest BCUT2D eigenvalue weighted by molar-refractivity contribution is 5.79. The monoisotopic (exact) mass is 248 g/mol. The number of nitrogens with one attached hydrogen (secondary N) is 1. The molecular weight excluding hydrogens is 232 g/mol. The van der Waals surface area contributed by atoms with Crippen LogP contribution in [0.2, 0.25) is 0 Å². The molecule has 0 amide bonds. The largest absolute Gasteiger partial charge is 0.369 e. The number of carbonyl (C=O) groups is 1. The van der Waals surface area contributed by atoms with Crippen LogP contribution in [0.5, 0.6) is 0 Å². The van der Waals surface area contributed by atoms with Crippen molar-refractivity contribution in [1.82, 2.24) is 4.98 Å². The van der Waals surface area contributed by atoms with Crippen LogP contribution in [0.4, 0.5) is 5.82 Å². The molecule has 2 heterocycles. The van der Waals surface area contributed by atoms with Gasteiger partial charge in [-0.3, -0.25) is 4.79 Å². The van der Waals surface area contributed by atoms with Crippen LogP contribution in [0.3, 0.4) is 0 Å². The van der Waals surface area contributed by atoms with E-state index in [1.54, 1.807) is 0 Å². The van der Waals surface area contributed by atoms with E-state index in [0.29, 0.717) is 11.3 Å². The zero-order chi connectivity index (χ0) is 12.8. The van der Waals surface area contributed by atoms with Gasteiger partial charge in [0.25, 0.3) is 0 Å². The molecule has 1 fully saturated rings. The third-order valence-electron chi connectivity index (χ3n) is 3.88. The molecule has 0 saturated heterocycles. The van der Waals surface area contributed by atoms with Crippen molar-refractivity contribution < 1.29 is 14.3 Å². The summed E-state index contributed by atoms with van der Waals surface area (Å²) in [5.41, 5.74) is 2.49. The first-order chi connectivity index (χ1) is 8.74. The van der Waals surface area contributed by atoms with Gasteiger partial charge in [0.2, 0.25) is 6.29 Å². The van der Waals surface area contributed by atoms with Crippen LogP contribution in [0.25, 0.3) is 0 Å². The number of methoxy groups -OCH3 is 2. The van der Waals surface area contributed by atoms with Crippen molar-refractivity contribution in [2.75, 3.05) is 26.1 Å². The van der Waals surface area contributed by atoms with Gasteiger partial charge in [-0.05, 0) is 18.9 Å². The van der Waals surface area contributed by atoms with Crippen LogP contribution in [0.1, 0.15) is 40.7 Å². The summed E-state index contributed by atoms with van der Waals surface area (Å²) in [6.07, 6.45) is 2.56. The Hall–Kier alpha value is -1.46. The molecule has 2 aliphatic rings. The highest BCUT2D eigenvalue weighted by atomic mass is 16.7. The molecule has 1 aromatic rings. The molecule has 0 atom stereocenters. The number of pyridine rings is 1. The fraction of sp³-hybridized carbons (Fsp3) is 0.538. The molecule has 18 heavy (non-hydrogen) atoms. The summed E-state index contributed by atoms with van der Waals surface area (Å²) in [5, 5.41) is 3.31. The van der Waals surface area contributed by atoms with E-state index in [4.69, 9.17) is 9.47 Å². The molecule has 0 bridgehead atoms. The maximum Gasteiger partial charge on any atom is 0.201 e. The topological polar surface area (TPSA) is 60.5 Å². The molecule has 5 nitrogen and oxygen atoms in total. The lowest BCUT2D eigenvalue weighted by Crippen LogP contribution is -2.11. The molecule has 0 radical (unpaired) electrons. The number of hydrogen-bond donors (Lipinski definition) is 1. The zero-order valence-electron chi connectivity index (χ0n) is 10.5. The van der Waals surface area contributed by atoms with E-state index in [1.807, 2.05) is 6.07 Å². The Morgan fingerprint density at radius 3 is 2.72 bits per heavy atom. The van der Waals surface area contributed by atoms with Crippen LogP contribution < -0.4 is 5.32 Å². The summed E-state index contributed by atoms with van der Waals surface area (Å²) in [7, 11) is 3.07. The Bertz CT molecular complexity index is 493. The normalized spacial score (nSPS) is 18.8. The molecule has 0 unspecified atom stereocenters. The number of hydrogen-bond acceptors (Lipinski definition) is 5. The standard InChI is InChI=1S/C13H16N2O3/c1-17-12(18-2)10-8(6-16)5-9-11(15-10)14-7-13(9)3-4-13/h5-6,12H,3-4,7H2,1-2H3,(H,14,15). The second-order valence-corrected chi connectivity index (χ2v) is 4.91. The van der Waals surface area contributed by atoms with Crippen molar-refractivity contribution in [3.05, 3.63) is 22.9 Å². The van der Waals surface area contributed by atoms with E-state index in [1.165, 1.54) is 32.6 Å². The van der Waals surface area contributed by atoms with Gasteiger partial charge in [-0.1, -0.05) is 0 Å². The highest BCUT2D eigenvalue weighted by Gasteiger charge is 2.50. The molecule has 1 saturated carbocycles. The summed E-state index contributed by atoms with van der Waals surface area (Å²) in [4.78, 5) is 15.7. The van der Waals surface area contributed by atoms with Gasteiger partial charge >= 0.3 is 0 Å². The first-order valence-corrected chi connectivity index (χ1v) is 6.04. The van der Waals surface area contributed by atoms with Crippen molar-refractivity contribution in [3.63, 3.8) is 0 Å². The van der Waals surface area contributed by atoms with Gasteiger partial charge in [0.15, 0.2) is 6.29 Å². The molecule has 1 aliphatic heterocycles. The maximum atomic E-state index is 11.2. The number of aldehydes is 1. The Kier molecular flexibility index (Phi) is 2.60. The molecule has 5 heteroatoms. The second kappa shape index (κ2) is 4.03. The summed E-state index contributed by atoms with van der Waals surface area (Å²) >= 11 is 0. The van der Waals surface area contributed by atoms with Gasteiger partial charge in [0.1, 0.15) is 11.5 Å². The van der Waals surface area contributed by atoms with E-state index >= 15 is 0 Å². The molecular formula is C13H16N2O3. The number of fused-ring (bicyclic) bond motifs is 2. The van der Waals surface area contributed by atoms with Gasteiger partial charge in [0, 0.05) is 37.3 Å². The fourth-order valence-corrected chi connectivity index (χ4v) is 2.63. The van der Waals surface area contributed by atoms with Gasteiger partial charge in [0.05, 0.1) is 0 Å².